The Morgan fingerprint density at radius 3 is 2.63 bits per heavy atom. The van der Waals surface area contributed by atoms with Crippen molar-refractivity contribution in [3.63, 3.8) is 0 Å². The Balaban J connectivity index is 2.35. The molecule has 0 amide bonds. The maximum absolute atomic E-state index is 13.9. The van der Waals surface area contributed by atoms with Crippen LogP contribution < -0.4 is 0 Å². The van der Waals surface area contributed by atoms with E-state index in [4.69, 9.17) is 0 Å². The van der Waals surface area contributed by atoms with Crippen molar-refractivity contribution in [2.24, 2.45) is 0 Å². The fourth-order valence-corrected chi connectivity index (χ4v) is 2.33. The van der Waals surface area contributed by atoms with Crippen molar-refractivity contribution in [2.45, 2.75) is 6.92 Å². The van der Waals surface area contributed by atoms with Crippen LogP contribution in [0.2, 0.25) is 0 Å². The van der Waals surface area contributed by atoms with Gasteiger partial charge in [0.2, 0.25) is 0 Å². The molecule has 0 saturated carbocycles. The lowest BCUT2D eigenvalue weighted by molar-refractivity contribution is 0.111. The van der Waals surface area contributed by atoms with Crippen molar-refractivity contribution >= 4 is 11.8 Å². The van der Waals surface area contributed by atoms with Crippen molar-refractivity contribution in [1.82, 2.24) is 4.40 Å². The standard InChI is InChI=1S/C16H12FNO/c1-11-6-7-18-12(8-11)9-14(16(18)10-19)13-4-2-3-5-15(13)17/h2-10H,1H3. The summed E-state index contributed by atoms with van der Waals surface area (Å²) in [5.41, 5.74) is 3.53. The molecule has 0 aliphatic carbocycles. The van der Waals surface area contributed by atoms with Gasteiger partial charge < -0.3 is 4.40 Å². The average molecular weight is 253 g/mol. The Bertz CT molecular complexity index is 774. The van der Waals surface area contributed by atoms with Crippen molar-refractivity contribution < 1.29 is 9.18 Å². The zero-order valence-corrected chi connectivity index (χ0v) is 10.4. The number of aldehydes is 1. The molecule has 0 bridgehead atoms. The van der Waals surface area contributed by atoms with Crippen molar-refractivity contribution in [3.8, 4) is 11.1 Å². The number of hydrogen-bond acceptors (Lipinski definition) is 1. The molecule has 0 radical (unpaired) electrons. The normalized spacial score (nSPS) is 10.8. The summed E-state index contributed by atoms with van der Waals surface area (Å²) in [6, 6.07) is 12.2. The van der Waals surface area contributed by atoms with Crippen molar-refractivity contribution in [3.05, 3.63) is 65.7 Å². The zero-order chi connectivity index (χ0) is 13.4. The van der Waals surface area contributed by atoms with E-state index in [1.807, 2.05) is 31.3 Å². The number of benzene rings is 1. The summed E-state index contributed by atoms with van der Waals surface area (Å²) in [4.78, 5) is 11.3. The van der Waals surface area contributed by atoms with Crippen LogP contribution in [0.3, 0.4) is 0 Å². The van der Waals surface area contributed by atoms with E-state index in [2.05, 4.69) is 0 Å². The molecular weight excluding hydrogens is 241 g/mol. The van der Waals surface area contributed by atoms with Gasteiger partial charge in [0, 0.05) is 22.8 Å². The molecule has 0 atom stereocenters. The maximum Gasteiger partial charge on any atom is 0.167 e. The number of nitrogens with zero attached hydrogens (tertiary/aromatic N) is 1. The smallest absolute Gasteiger partial charge is 0.167 e. The Labute approximate surface area is 110 Å². The van der Waals surface area contributed by atoms with E-state index >= 15 is 0 Å². The molecule has 94 valence electrons. The minimum Gasteiger partial charge on any atom is -0.314 e. The number of halogens is 1. The van der Waals surface area contributed by atoms with Crippen LogP contribution >= 0.6 is 0 Å². The SMILES string of the molecule is Cc1ccn2c(C=O)c(-c3ccccc3F)cc2c1. The number of carbonyl (C=O) groups is 1. The molecule has 0 saturated heterocycles. The molecule has 1 aromatic carbocycles. The van der Waals surface area contributed by atoms with Gasteiger partial charge in [-0.1, -0.05) is 18.2 Å². The Kier molecular flexibility index (Phi) is 2.67. The van der Waals surface area contributed by atoms with E-state index in [1.165, 1.54) is 6.07 Å². The van der Waals surface area contributed by atoms with Gasteiger partial charge >= 0.3 is 0 Å². The number of pyridine rings is 1. The highest BCUT2D eigenvalue weighted by Gasteiger charge is 2.14. The second kappa shape index (κ2) is 4.35. The predicted molar refractivity (Wildman–Crippen MR) is 72.9 cm³/mol. The summed E-state index contributed by atoms with van der Waals surface area (Å²) >= 11 is 0. The Hall–Kier alpha value is -2.42. The van der Waals surface area contributed by atoms with E-state index < -0.39 is 0 Å². The van der Waals surface area contributed by atoms with Crippen LogP contribution in [-0.4, -0.2) is 10.7 Å². The molecule has 0 unspecified atom stereocenters. The Morgan fingerprint density at radius 1 is 1.11 bits per heavy atom. The lowest BCUT2D eigenvalue weighted by Crippen LogP contribution is -1.93. The van der Waals surface area contributed by atoms with Crippen molar-refractivity contribution in [2.75, 3.05) is 0 Å². The molecule has 0 N–H and O–H groups in total. The second-order valence-corrected chi connectivity index (χ2v) is 4.54. The third-order valence-corrected chi connectivity index (χ3v) is 3.24. The maximum atomic E-state index is 13.9. The van der Waals surface area contributed by atoms with Crippen LogP contribution in [0.4, 0.5) is 4.39 Å². The van der Waals surface area contributed by atoms with Gasteiger partial charge in [-0.05, 0) is 36.8 Å². The number of aryl methyl sites for hydroxylation is 1. The largest absolute Gasteiger partial charge is 0.314 e. The van der Waals surface area contributed by atoms with Gasteiger partial charge in [0.25, 0.3) is 0 Å². The fourth-order valence-electron chi connectivity index (χ4n) is 2.33. The van der Waals surface area contributed by atoms with Crippen LogP contribution in [-0.2, 0) is 0 Å². The molecular formula is C16H12FNO. The number of hydrogen-bond donors (Lipinski definition) is 0. The minimum absolute atomic E-state index is 0.321. The van der Waals surface area contributed by atoms with Crippen LogP contribution in [0.25, 0.3) is 16.6 Å². The summed E-state index contributed by atoms with van der Waals surface area (Å²) < 4.78 is 15.7. The molecule has 3 rings (SSSR count). The molecule has 2 aromatic heterocycles. The van der Waals surface area contributed by atoms with E-state index in [0.29, 0.717) is 16.8 Å². The van der Waals surface area contributed by atoms with Gasteiger partial charge in [0.05, 0.1) is 5.69 Å². The third kappa shape index (κ3) is 1.83. The van der Waals surface area contributed by atoms with Gasteiger partial charge in [0.15, 0.2) is 6.29 Å². The summed E-state index contributed by atoms with van der Waals surface area (Å²) in [6.07, 6.45) is 2.60. The summed E-state index contributed by atoms with van der Waals surface area (Å²) in [6.45, 7) is 1.98. The predicted octanol–water partition coefficient (Wildman–Crippen LogP) is 3.87. The molecule has 0 aliphatic rings. The molecule has 0 aliphatic heterocycles. The second-order valence-electron chi connectivity index (χ2n) is 4.54. The topological polar surface area (TPSA) is 21.5 Å². The first-order valence-corrected chi connectivity index (χ1v) is 6.02. The summed E-state index contributed by atoms with van der Waals surface area (Å²) in [7, 11) is 0. The van der Waals surface area contributed by atoms with Crippen LogP contribution in [0, 0.1) is 12.7 Å². The quantitative estimate of drug-likeness (QED) is 0.635. The number of fused-ring (bicyclic) bond motifs is 1. The highest BCUT2D eigenvalue weighted by molar-refractivity contribution is 5.90. The van der Waals surface area contributed by atoms with Gasteiger partial charge in [-0.3, -0.25) is 4.79 Å². The first-order chi connectivity index (χ1) is 9.20. The first kappa shape index (κ1) is 11.7. The van der Waals surface area contributed by atoms with E-state index in [0.717, 1.165) is 17.4 Å². The molecule has 19 heavy (non-hydrogen) atoms. The van der Waals surface area contributed by atoms with E-state index in [9.17, 15) is 9.18 Å². The van der Waals surface area contributed by atoms with Crippen LogP contribution in [0.1, 0.15) is 16.1 Å². The lowest BCUT2D eigenvalue weighted by Gasteiger charge is -2.02. The highest BCUT2D eigenvalue weighted by Crippen LogP contribution is 2.29. The third-order valence-electron chi connectivity index (χ3n) is 3.24. The zero-order valence-electron chi connectivity index (χ0n) is 10.4. The van der Waals surface area contributed by atoms with Gasteiger partial charge in [-0.25, -0.2) is 4.39 Å². The van der Waals surface area contributed by atoms with Gasteiger partial charge in [0.1, 0.15) is 5.82 Å². The number of rotatable bonds is 2. The molecule has 0 spiro atoms. The van der Waals surface area contributed by atoms with Crippen molar-refractivity contribution in [1.29, 1.82) is 0 Å². The monoisotopic (exact) mass is 253 g/mol. The van der Waals surface area contributed by atoms with Crippen LogP contribution in [0.5, 0.6) is 0 Å². The van der Waals surface area contributed by atoms with E-state index in [1.54, 1.807) is 22.6 Å². The van der Waals surface area contributed by atoms with Crippen LogP contribution in [0.15, 0.2) is 48.7 Å². The molecule has 0 fully saturated rings. The van der Waals surface area contributed by atoms with Gasteiger partial charge in [-0.2, -0.15) is 0 Å². The number of carbonyl (C=O) groups excluding carboxylic acids is 1. The van der Waals surface area contributed by atoms with E-state index in [-0.39, 0.29) is 5.82 Å². The molecule has 3 heteroatoms. The van der Waals surface area contributed by atoms with Gasteiger partial charge in [-0.15, -0.1) is 0 Å². The fraction of sp³-hybridized carbons (Fsp3) is 0.0625. The summed E-state index contributed by atoms with van der Waals surface area (Å²) in [5.74, 6) is -0.321. The number of aromatic nitrogens is 1. The molecule has 2 nitrogen and oxygen atoms in total. The minimum atomic E-state index is -0.321. The average Bonchev–Trinajstić information content (AvgIpc) is 2.76. The first-order valence-electron chi connectivity index (χ1n) is 6.02. The molecule has 2 heterocycles. The highest BCUT2D eigenvalue weighted by atomic mass is 19.1. The summed E-state index contributed by atoms with van der Waals surface area (Å²) in [5, 5.41) is 0. The lowest BCUT2D eigenvalue weighted by atomic mass is 10.1. The molecule has 3 aromatic rings. The Morgan fingerprint density at radius 2 is 1.89 bits per heavy atom.